The minimum Gasteiger partial charge on any atom is -0.370 e. The summed E-state index contributed by atoms with van der Waals surface area (Å²) < 4.78 is 0. The van der Waals surface area contributed by atoms with E-state index in [1.807, 2.05) is 24.4 Å². The third kappa shape index (κ3) is 3.50. The van der Waals surface area contributed by atoms with Gasteiger partial charge in [0.2, 0.25) is 0 Å². The normalized spacial score (nSPS) is 10.7. The van der Waals surface area contributed by atoms with Gasteiger partial charge >= 0.3 is 0 Å². The molecule has 2 aromatic rings. The lowest BCUT2D eigenvalue weighted by Gasteiger charge is -2.11. The molecule has 100 valence electrons. The molecule has 0 aromatic carbocycles. The molecule has 0 fully saturated rings. The minimum absolute atomic E-state index is 0.304. The molecule has 0 spiro atoms. The smallest absolute Gasteiger partial charge is 0.133 e. The molecular formula is C15H20N4. The van der Waals surface area contributed by atoms with Gasteiger partial charge < -0.3 is 5.32 Å². The zero-order valence-corrected chi connectivity index (χ0v) is 11.7. The standard InChI is InChI=1S/C15H20N4/c1-4-7-17-14-9-13(12-6-5-8-16-10-12)18-15(19-14)11(2)3/h5-6,8-11H,4,7H2,1-3H3,(H,17,18,19). The number of rotatable bonds is 5. The topological polar surface area (TPSA) is 50.7 Å². The van der Waals surface area contributed by atoms with Crippen LogP contribution in [-0.2, 0) is 0 Å². The summed E-state index contributed by atoms with van der Waals surface area (Å²) in [5, 5.41) is 3.33. The summed E-state index contributed by atoms with van der Waals surface area (Å²) in [6.07, 6.45) is 4.67. The summed E-state index contributed by atoms with van der Waals surface area (Å²) in [7, 11) is 0. The Kier molecular flexibility index (Phi) is 4.44. The lowest BCUT2D eigenvalue weighted by molar-refractivity contribution is 0.775. The maximum atomic E-state index is 4.62. The van der Waals surface area contributed by atoms with Gasteiger partial charge in [-0.2, -0.15) is 0 Å². The van der Waals surface area contributed by atoms with Crippen LogP contribution in [0.5, 0.6) is 0 Å². The lowest BCUT2D eigenvalue weighted by Crippen LogP contribution is -2.07. The predicted molar refractivity (Wildman–Crippen MR) is 78.1 cm³/mol. The van der Waals surface area contributed by atoms with Crippen LogP contribution in [0.3, 0.4) is 0 Å². The first-order valence-corrected chi connectivity index (χ1v) is 6.74. The molecule has 0 atom stereocenters. The van der Waals surface area contributed by atoms with Gasteiger partial charge in [0.25, 0.3) is 0 Å². The van der Waals surface area contributed by atoms with Crippen molar-refractivity contribution in [3.05, 3.63) is 36.4 Å². The Bertz CT molecular complexity index is 523. The van der Waals surface area contributed by atoms with Gasteiger partial charge in [-0.25, -0.2) is 9.97 Å². The Hall–Kier alpha value is -1.97. The number of pyridine rings is 1. The highest BCUT2D eigenvalue weighted by Crippen LogP contribution is 2.21. The summed E-state index contributed by atoms with van der Waals surface area (Å²) in [4.78, 5) is 13.3. The lowest BCUT2D eigenvalue weighted by atomic mass is 10.1. The Morgan fingerprint density at radius 3 is 2.74 bits per heavy atom. The second kappa shape index (κ2) is 6.27. The van der Waals surface area contributed by atoms with E-state index in [2.05, 4.69) is 41.0 Å². The van der Waals surface area contributed by atoms with Crippen LogP contribution >= 0.6 is 0 Å². The van der Waals surface area contributed by atoms with Crippen molar-refractivity contribution in [1.82, 2.24) is 15.0 Å². The number of aromatic nitrogens is 3. The molecule has 0 amide bonds. The molecular weight excluding hydrogens is 236 g/mol. The third-order valence-electron chi connectivity index (χ3n) is 2.77. The summed E-state index contributed by atoms with van der Waals surface area (Å²) in [5.74, 6) is 2.05. The van der Waals surface area contributed by atoms with E-state index < -0.39 is 0 Å². The van der Waals surface area contributed by atoms with Gasteiger partial charge in [0.15, 0.2) is 0 Å². The zero-order chi connectivity index (χ0) is 13.7. The summed E-state index contributed by atoms with van der Waals surface area (Å²) in [6, 6.07) is 5.92. The molecule has 0 aliphatic heterocycles. The average molecular weight is 256 g/mol. The van der Waals surface area contributed by atoms with Crippen molar-refractivity contribution in [2.24, 2.45) is 0 Å². The summed E-state index contributed by atoms with van der Waals surface area (Å²) in [6.45, 7) is 7.26. The number of hydrogen-bond acceptors (Lipinski definition) is 4. The van der Waals surface area contributed by atoms with Gasteiger partial charge in [0.05, 0.1) is 5.69 Å². The predicted octanol–water partition coefficient (Wildman–Crippen LogP) is 3.48. The first-order chi connectivity index (χ1) is 9.20. The number of nitrogens with one attached hydrogen (secondary N) is 1. The average Bonchev–Trinajstić information content (AvgIpc) is 2.45. The van der Waals surface area contributed by atoms with Crippen LogP contribution in [0, 0.1) is 0 Å². The van der Waals surface area contributed by atoms with Crippen molar-refractivity contribution in [3.63, 3.8) is 0 Å². The first-order valence-electron chi connectivity index (χ1n) is 6.74. The fraction of sp³-hybridized carbons (Fsp3) is 0.400. The van der Waals surface area contributed by atoms with E-state index in [0.29, 0.717) is 5.92 Å². The summed E-state index contributed by atoms with van der Waals surface area (Å²) in [5.41, 5.74) is 1.94. The van der Waals surface area contributed by atoms with E-state index in [9.17, 15) is 0 Å². The van der Waals surface area contributed by atoms with Crippen LogP contribution < -0.4 is 5.32 Å². The van der Waals surface area contributed by atoms with Crippen LogP contribution in [0.1, 0.15) is 38.9 Å². The molecule has 0 bridgehead atoms. The van der Waals surface area contributed by atoms with Gasteiger partial charge in [-0.15, -0.1) is 0 Å². The number of anilines is 1. The number of nitrogens with zero attached hydrogens (tertiary/aromatic N) is 3. The monoisotopic (exact) mass is 256 g/mol. The van der Waals surface area contributed by atoms with Crippen LogP contribution in [0.25, 0.3) is 11.3 Å². The molecule has 4 nitrogen and oxygen atoms in total. The van der Waals surface area contributed by atoms with E-state index in [0.717, 1.165) is 35.9 Å². The van der Waals surface area contributed by atoms with Gasteiger partial charge in [-0.1, -0.05) is 20.8 Å². The van der Waals surface area contributed by atoms with Gasteiger partial charge in [0, 0.05) is 36.5 Å². The molecule has 19 heavy (non-hydrogen) atoms. The SMILES string of the molecule is CCCNc1cc(-c2cccnc2)nc(C(C)C)n1. The Labute approximate surface area is 114 Å². The molecule has 2 heterocycles. The van der Waals surface area contributed by atoms with Gasteiger partial charge in [-0.3, -0.25) is 4.98 Å². The minimum atomic E-state index is 0.304. The molecule has 4 heteroatoms. The molecule has 0 aliphatic carbocycles. The van der Waals surface area contributed by atoms with Crippen LogP contribution in [0.2, 0.25) is 0 Å². The molecule has 0 saturated carbocycles. The van der Waals surface area contributed by atoms with E-state index >= 15 is 0 Å². The second-order valence-corrected chi connectivity index (χ2v) is 4.82. The molecule has 0 saturated heterocycles. The fourth-order valence-corrected chi connectivity index (χ4v) is 1.73. The Balaban J connectivity index is 2.39. The molecule has 1 N–H and O–H groups in total. The highest BCUT2D eigenvalue weighted by Gasteiger charge is 2.09. The highest BCUT2D eigenvalue weighted by atomic mass is 15.0. The van der Waals surface area contributed by atoms with E-state index in [4.69, 9.17) is 0 Å². The van der Waals surface area contributed by atoms with Crippen LogP contribution in [-0.4, -0.2) is 21.5 Å². The zero-order valence-electron chi connectivity index (χ0n) is 11.7. The molecule has 2 aromatic heterocycles. The van der Waals surface area contributed by atoms with E-state index in [1.54, 1.807) is 6.20 Å². The fourth-order valence-electron chi connectivity index (χ4n) is 1.73. The van der Waals surface area contributed by atoms with Crippen molar-refractivity contribution < 1.29 is 0 Å². The van der Waals surface area contributed by atoms with Crippen molar-refractivity contribution in [2.45, 2.75) is 33.1 Å². The number of hydrogen-bond donors (Lipinski definition) is 1. The van der Waals surface area contributed by atoms with E-state index in [-0.39, 0.29) is 0 Å². The molecule has 0 radical (unpaired) electrons. The first kappa shape index (κ1) is 13.5. The van der Waals surface area contributed by atoms with Crippen molar-refractivity contribution in [1.29, 1.82) is 0 Å². The third-order valence-corrected chi connectivity index (χ3v) is 2.77. The molecule has 2 rings (SSSR count). The maximum absolute atomic E-state index is 4.62. The van der Waals surface area contributed by atoms with Crippen molar-refractivity contribution in [3.8, 4) is 11.3 Å². The van der Waals surface area contributed by atoms with Crippen LogP contribution in [0.4, 0.5) is 5.82 Å². The Morgan fingerprint density at radius 2 is 2.11 bits per heavy atom. The molecule has 0 aliphatic rings. The molecule has 0 unspecified atom stereocenters. The Morgan fingerprint density at radius 1 is 1.26 bits per heavy atom. The van der Waals surface area contributed by atoms with Crippen molar-refractivity contribution in [2.75, 3.05) is 11.9 Å². The van der Waals surface area contributed by atoms with Crippen LogP contribution in [0.15, 0.2) is 30.6 Å². The van der Waals surface area contributed by atoms with E-state index in [1.165, 1.54) is 0 Å². The van der Waals surface area contributed by atoms with Gasteiger partial charge in [-0.05, 0) is 18.6 Å². The summed E-state index contributed by atoms with van der Waals surface area (Å²) >= 11 is 0. The highest BCUT2D eigenvalue weighted by molar-refractivity contribution is 5.61. The second-order valence-electron chi connectivity index (χ2n) is 4.82. The van der Waals surface area contributed by atoms with Crippen molar-refractivity contribution >= 4 is 5.82 Å². The largest absolute Gasteiger partial charge is 0.370 e. The maximum Gasteiger partial charge on any atom is 0.133 e. The van der Waals surface area contributed by atoms with Gasteiger partial charge in [0.1, 0.15) is 11.6 Å². The quantitative estimate of drug-likeness (QED) is 0.889.